The average molecular weight is 200 g/mol. The van der Waals surface area contributed by atoms with Crippen molar-refractivity contribution in [1.29, 1.82) is 0 Å². The minimum absolute atomic E-state index is 0.0966. The maximum absolute atomic E-state index is 10.9. The summed E-state index contributed by atoms with van der Waals surface area (Å²) in [5, 5.41) is 17.4. The summed E-state index contributed by atoms with van der Waals surface area (Å²) in [5.41, 5.74) is -1.80. The predicted molar refractivity (Wildman–Crippen MR) is 48.7 cm³/mol. The standard InChI is InChI=1S/C9H12O5/c1-3-5-9(8(12)13,14-4-2)6-7(10)11/h3-4H,1-2,5-6H2,(H,10,11)(H,12,13). The molecule has 0 aromatic heterocycles. The van der Waals surface area contributed by atoms with Crippen molar-refractivity contribution in [1.82, 2.24) is 0 Å². The molecule has 0 saturated heterocycles. The Kier molecular flexibility index (Phi) is 4.42. The molecule has 0 heterocycles. The van der Waals surface area contributed by atoms with Crippen LogP contribution in [0.25, 0.3) is 0 Å². The fourth-order valence-electron chi connectivity index (χ4n) is 1.01. The van der Waals surface area contributed by atoms with Gasteiger partial charge in [0.25, 0.3) is 0 Å². The number of carboxylic acid groups (broad SMARTS) is 2. The first kappa shape index (κ1) is 12.2. The highest BCUT2D eigenvalue weighted by atomic mass is 16.5. The van der Waals surface area contributed by atoms with Gasteiger partial charge in [0, 0.05) is 6.42 Å². The summed E-state index contributed by atoms with van der Waals surface area (Å²) in [5.74, 6) is -2.60. The fraction of sp³-hybridized carbons (Fsp3) is 0.333. The Morgan fingerprint density at radius 1 is 1.36 bits per heavy atom. The second-order valence-electron chi connectivity index (χ2n) is 2.65. The van der Waals surface area contributed by atoms with Crippen molar-refractivity contribution in [2.24, 2.45) is 0 Å². The Balaban J connectivity index is 4.90. The smallest absolute Gasteiger partial charge is 0.348 e. The molecule has 5 heteroatoms. The van der Waals surface area contributed by atoms with Gasteiger partial charge < -0.3 is 14.9 Å². The van der Waals surface area contributed by atoms with Crippen LogP contribution in [0.4, 0.5) is 0 Å². The van der Waals surface area contributed by atoms with Crippen molar-refractivity contribution in [3.05, 3.63) is 25.5 Å². The van der Waals surface area contributed by atoms with Crippen LogP contribution in [0, 0.1) is 0 Å². The summed E-state index contributed by atoms with van der Waals surface area (Å²) in [6, 6.07) is 0. The lowest BCUT2D eigenvalue weighted by molar-refractivity contribution is -0.165. The zero-order valence-electron chi connectivity index (χ0n) is 7.60. The van der Waals surface area contributed by atoms with E-state index in [0.29, 0.717) is 0 Å². The van der Waals surface area contributed by atoms with E-state index < -0.39 is 24.0 Å². The van der Waals surface area contributed by atoms with Crippen LogP contribution in [0.2, 0.25) is 0 Å². The molecule has 1 unspecified atom stereocenters. The molecule has 0 amide bonds. The molecular formula is C9H12O5. The van der Waals surface area contributed by atoms with Crippen molar-refractivity contribution < 1.29 is 24.5 Å². The first-order valence-electron chi connectivity index (χ1n) is 3.83. The number of ether oxygens (including phenoxy) is 1. The third kappa shape index (κ3) is 2.93. The lowest BCUT2D eigenvalue weighted by Crippen LogP contribution is -2.42. The molecule has 1 atom stereocenters. The highest BCUT2D eigenvalue weighted by molar-refractivity contribution is 5.84. The molecule has 0 bridgehead atoms. The molecule has 2 N–H and O–H groups in total. The maximum atomic E-state index is 10.9. The normalized spacial score (nSPS) is 13.7. The number of hydrogen-bond donors (Lipinski definition) is 2. The Hall–Kier alpha value is -1.78. The molecule has 0 aromatic rings. The zero-order valence-corrected chi connectivity index (χ0v) is 7.60. The number of hydrogen-bond acceptors (Lipinski definition) is 3. The zero-order chi connectivity index (χ0) is 11.2. The van der Waals surface area contributed by atoms with E-state index in [4.69, 9.17) is 14.9 Å². The van der Waals surface area contributed by atoms with Crippen LogP contribution < -0.4 is 0 Å². The van der Waals surface area contributed by atoms with Crippen LogP contribution in [0.15, 0.2) is 25.5 Å². The molecule has 0 aromatic carbocycles. The van der Waals surface area contributed by atoms with E-state index in [2.05, 4.69) is 13.2 Å². The van der Waals surface area contributed by atoms with Gasteiger partial charge in [-0.25, -0.2) is 4.79 Å². The monoisotopic (exact) mass is 200 g/mol. The molecule has 0 aliphatic rings. The van der Waals surface area contributed by atoms with E-state index in [9.17, 15) is 9.59 Å². The summed E-state index contributed by atoms with van der Waals surface area (Å²) >= 11 is 0. The van der Waals surface area contributed by atoms with E-state index in [1.165, 1.54) is 6.08 Å². The maximum Gasteiger partial charge on any atom is 0.348 e. The number of rotatable bonds is 7. The van der Waals surface area contributed by atoms with Gasteiger partial charge in [-0.3, -0.25) is 4.79 Å². The van der Waals surface area contributed by atoms with E-state index in [1.807, 2.05) is 0 Å². The quantitative estimate of drug-likeness (QED) is 0.473. The van der Waals surface area contributed by atoms with Crippen LogP contribution >= 0.6 is 0 Å². The fourth-order valence-corrected chi connectivity index (χ4v) is 1.01. The van der Waals surface area contributed by atoms with Gasteiger partial charge in [0.1, 0.15) is 0 Å². The molecule has 0 spiro atoms. The summed E-state index contributed by atoms with van der Waals surface area (Å²) in [6.07, 6.45) is 1.47. The van der Waals surface area contributed by atoms with Crippen LogP contribution in [0.5, 0.6) is 0 Å². The minimum Gasteiger partial charge on any atom is -0.483 e. The Bertz CT molecular complexity index is 246. The molecule has 0 fully saturated rings. The van der Waals surface area contributed by atoms with Crippen LogP contribution in [0.1, 0.15) is 12.8 Å². The molecule has 0 radical (unpaired) electrons. The summed E-state index contributed by atoms with van der Waals surface area (Å²) in [6.45, 7) is 6.55. The highest BCUT2D eigenvalue weighted by Gasteiger charge is 2.41. The van der Waals surface area contributed by atoms with Crippen LogP contribution in [-0.2, 0) is 14.3 Å². The first-order valence-corrected chi connectivity index (χ1v) is 3.83. The van der Waals surface area contributed by atoms with E-state index in [0.717, 1.165) is 6.26 Å². The van der Waals surface area contributed by atoms with Crippen molar-refractivity contribution in [3.8, 4) is 0 Å². The lowest BCUT2D eigenvalue weighted by Gasteiger charge is -2.25. The summed E-state index contributed by atoms with van der Waals surface area (Å²) < 4.78 is 4.75. The SMILES string of the molecule is C=CCC(CC(=O)O)(OC=C)C(=O)O. The molecule has 14 heavy (non-hydrogen) atoms. The number of carbonyl (C=O) groups is 2. The summed E-state index contributed by atoms with van der Waals surface area (Å²) in [7, 11) is 0. The van der Waals surface area contributed by atoms with E-state index in [-0.39, 0.29) is 6.42 Å². The van der Waals surface area contributed by atoms with Crippen molar-refractivity contribution in [3.63, 3.8) is 0 Å². The van der Waals surface area contributed by atoms with Gasteiger partial charge in [-0.15, -0.1) is 6.58 Å². The van der Waals surface area contributed by atoms with E-state index in [1.54, 1.807) is 0 Å². The van der Waals surface area contributed by atoms with Gasteiger partial charge in [-0.1, -0.05) is 12.7 Å². The van der Waals surface area contributed by atoms with Gasteiger partial charge in [-0.2, -0.15) is 0 Å². The van der Waals surface area contributed by atoms with Gasteiger partial charge >= 0.3 is 11.9 Å². The second-order valence-corrected chi connectivity index (χ2v) is 2.65. The summed E-state index contributed by atoms with van der Waals surface area (Å²) in [4.78, 5) is 21.3. The topological polar surface area (TPSA) is 83.8 Å². The largest absolute Gasteiger partial charge is 0.483 e. The van der Waals surface area contributed by atoms with Crippen molar-refractivity contribution >= 4 is 11.9 Å². The third-order valence-corrected chi connectivity index (χ3v) is 1.61. The Labute approximate surface area is 81.3 Å². The second kappa shape index (κ2) is 5.06. The number of carboxylic acids is 2. The van der Waals surface area contributed by atoms with Gasteiger partial charge in [0.15, 0.2) is 0 Å². The Morgan fingerprint density at radius 2 is 1.93 bits per heavy atom. The van der Waals surface area contributed by atoms with Gasteiger partial charge in [0.2, 0.25) is 5.60 Å². The number of aliphatic carboxylic acids is 2. The molecule has 0 aliphatic heterocycles. The molecule has 0 aliphatic carbocycles. The van der Waals surface area contributed by atoms with Crippen molar-refractivity contribution in [2.45, 2.75) is 18.4 Å². The Morgan fingerprint density at radius 3 is 2.21 bits per heavy atom. The van der Waals surface area contributed by atoms with Gasteiger partial charge in [0.05, 0.1) is 12.7 Å². The molecule has 0 rings (SSSR count). The molecular weight excluding hydrogens is 188 g/mol. The lowest BCUT2D eigenvalue weighted by atomic mass is 9.95. The van der Waals surface area contributed by atoms with Gasteiger partial charge in [-0.05, 0) is 0 Å². The molecule has 78 valence electrons. The average Bonchev–Trinajstić information content (AvgIpc) is 2.03. The minimum atomic E-state index is -1.80. The third-order valence-electron chi connectivity index (χ3n) is 1.61. The highest BCUT2D eigenvalue weighted by Crippen LogP contribution is 2.22. The first-order chi connectivity index (χ1) is 6.48. The molecule has 5 nitrogen and oxygen atoms in total. The van der Waals surface area contributed by atoms with Crippen LogP contribution in [0.3, 0.4) is 0 Å². The van der Waals surface area contributed by atoms with Crippen molar-refractivity contribution in [2.75, 3.05) is 0 Å². The van der Waals surface area contributed by atoms with Crippen LogP contribution in [-0.4, -0.2) is 27.8 Å². The predicted octanol–water partition coefficient (Wildman–Crippen LogP) is 1.02. The molecule has 0 saturated carbocycles. The van der Waals surface area contributed by atoms with E-state index >= 15 is 0 Å².